The van der Waals surface area contributed by atoms with Gasteiger partial charge in [0.15, 0.2) is 0 Å². The summed E-state index contributed by atoms with van der Waals surface area (Å²) in [5.41, 5.74) is 5.28. The molecule has 2 rings (SSSR count). The van der Waals surface area contributed by atoms with Crippen molar-refractivity contribution in [3.05, 3.63) is 0 Å². The van der Waals surface area contributed by atoms with E-state index in [9.17, 15) is 4.79 Å². The third-order valence-electron chi connectivity index (χ3n) is 4.38. The van der Waals surface area contributed by atoms with Gasteiger partial charge in [-0.2, -0.15) is 0 Å². The number of nitrogens with zero attached hydrogens (tertiary/aromatic N) is 1. The van der Waals surface area contributed by atoms with Crippen LogP contribution in [-0.4, -0.2) is 29.9 Å². The Bertz CT molecular complexity index is 242. The molecule has 1 amide bonds. The second kappa shape index (κ2) is 4.12. The molecule has 2 fully saturated rings. The lowest BCUT2D eigenvalue weighted by atomic mass is 9.83. The third-order valence-corrected chi connectivity index (χ3v) is 4.38. The zero-order chi connectivity index (χ0) is 10.9. The lowest BCUT2D eigenvalue weighted by Crippen LogP contribution is -2.55. The van der Waals surface area contributed by atoms with E-state index in [4.69, 9.17) is 5.73 Å². The topological polar surface area (TPSA) is 46.3 Å². The summed E-state index contributed by atoms with van der Waals surface area (Å²) in [6.07, 6.45) is 8.26. The zero-order valence-electron chi connectivity index (χ0n) is 9.67. The molecule has 0 atom stereocenters. The maximum atomic E-state index is 11.6. The minimum absolute atomic E-state index is 0.109. The first-order valence-electron chi connectivity index (χ1n) is 6.16. The average molecular weight is 210 g/mol. The van der Waals surface area contributed by atoms with E-state index in [0.717, 1.165) is 38.1 Å². The van der Waals surface area contributed by atoms with Gasteiger partial charge >= 0.3 is 0 Å². The molecule has 86 valence electrons. The van der Waals surface area contributed by atoms with Crippen molar-refractivity contribution in [2.45, 2.75) is 50.5 Å². The first kappa shape index (κ1) is 10.9. The van der Waals surface area contributed by atoms with Crippen molar-refractivity contribution < 1.29 is 4.79 Å². The van der Waals surface area contributed by atoms with E-state index in [1.807, 2.05) is 0 Å². The van der Waals surface area contributed by atoms with Gasteiger partial charge in [0, 0.05) is 6.54 Å². The van der Waals surface area contributed by atoms with Gasteiger partial charge in [-0.3, -0.25) is 9.69 Å². The summed E-state index contributed by atoms with van der Waals surface area (Å²) < 4.78 is 0. The SMILES string of the molecule is CN(CC1CCC1)C1(C(N)=O)CCCC1. The number of rotatable bonds is 4. The Balaban J connectivity index is 1.99. The maximum absolute atomic E-state index is 11.6. The van der Waals surface area contributed by atoms with Gasteiger partial charge in [0.05, 0.1) is 5.54 Å². The van der Waals surface area contributed by atoms with E-state index in [2.05, 4.69) is 11.9 Å². The molecule has 3 nitrogen and oxygen atoms in total. The lowest BCUT2D eigenvalue weighted by Gasteiger charge is -2.40. The first-order chi connectivity index (χ1) is 7.15. The van der Waals surface area contributed by atoms with E-state index in [1.165, 1.54) is 19.3 Å². The van der Waals surface area contributed by atoms with Gasteiger partial charge in [-0.1, -0.05) is 19.3 Å². The summed E-state index contributed by atoms with van der Waals surface area (Å²) in [5.74, 6) is 0.702. The molecular formula is C12H22N2O. The van der Waals surface area contributed by atoms with Crippen LogP contribution in [-0.2, 0) is 4.79 Å². The van der Waals surface area contributed by atoms with Gasteiger partial charge in [0.2, 0.25) is 5.91 Å². The van der Waals surface area contributed by atoms with Crippen LogP contribution in [0.25, 0.3) is 0 Å². The van der Waals surface area contributed by atoms with Crippen molar-refractivity contribution in [1.29, 1.82) is 0 Å². The standard InChI is InChI=1S/C12H22N2O/c1-14(9-10-5-4-6-10)12(11(13)15)7-2-3-8-12/h10H,2-9H2,1H3,(H2,13,15). The van der Waals surface area contributed by atoms with Gasteiger partial charge in [0.1, 0.15) is 0 Å². The molecule has 0 radical (unpaired) electrons. The van der Waals surface area contributed by atoms with Crippen LogP contribution in [0.15, 0.2) is 0 Å². The predicted octanol–water partition coefficient (Wildman–Crippen LogP) is 1.52. The molecule has 0 aromatic heterocycles. The number of amides is 1. The Labute approximate surface area is 92.0 Å². The highest BCUT2D eigenvalue weighted by atomic mass is 16.1. The maximum Gasteiger partial charge on any atom is 0.237 e. The summed E-state index contributed by atoms with van der Waals surface area (Å²) >= 11 is 0. The van der Waals surface area contributed by atoms with Crippen molar-refractivity contribution in [3.8, 4) is 0 Å². The molecule has 15 heavy (non-hydrogen) atoms. The number of hydrogen-bond acceptors (Lipinski definition) is 2. The van der Waals surface area contributed by atoms with E-state index in [1.54, 1.807) is 0 Å². The number of likely N-dealkylation sites (N-methyl/N-ethyl adjacent to an activating group) is 1. The number of carbonyl (C=O) groups excluding carboxylic acids is 1. The Hall–Kier alpha value is -0.570. The number of carbonyl (C=O) groups is 1. The summed E-state index contributed by atoms with van der Waals surface area (Å²) in [6, 6.07) is 0. The molecule has 3 heteroatoms. The summed E-state index contributed by atoms with van der Waals surface area (Å²) in [4.78, 5) is 13.9. The van der Waals surface area contributed by atoms with E-state index in [-0.39, 0.29) is 11.4 Å². The normalized spacial score (nSPS) is 25.5. The average Bonchev–Trinajstić information content (AvgIpc) is 2.60. The highest BCUT2D eigenvalue weighted by Gasteiger charge is 2.43. The fourth-order valence-corrected chi connectivity index (χ4v) is 3.01. The van der Waals surface area contributed by atoms with Crippen LogP contribution in [0.2, 0.25) is 0 Å². The number of hydrogen-bond donors (Lipinski definition) is 1. The summed E-state index contributed by atoms with van der Waals surface area (Å²) in [6.45, 7) is 1.06. The predicted molar refractivity (Wildman–Crippen MR) is 60.4 cm³/mol. The summed E-state index contributed by atoms with van der Waals surface area (Å²) in [5, 5.41) is 0. The monoisotopic (exact) mass is 210 g/mol. The molecule has 0 heterocycles. The van der Waals surface area contributed by atoms with Crippen molar-refractivity contribution >= 4 is 5.91 Å². The van der Waals surface area contributed by atoms with E-state index >= 15 is 0 Å². The van der Waals surface area contributed by atoms with Crippen LogP contribution in [0, 0.1) is 5.92 Å². The molecule has 2 saturated carbocycles. The fraction of sp³-hybridized carbons (Fsp3) is 0.917. The second-order valence-electron chi connectivity index (χ2n) is 5.28. The molecule has 2 N–H and O–H groups in total. The quantitative estimate of drug-likeness (QED) is 0.764. The van der Waals surface area contributed by atoms with Crippen molar-refractivity contribution in [2.75, 3.05) is 13.6 Å². The largest absolute Gasteiger partial charge is 0.368 e. The van der Waals surface area contributed by atoms with Crippen LogP contribution >= 0.6 is 0 Å². The molecule has 2 aliphatic rings. The molecule has 0 saturated heterocycles. The van der Waals surface area contributed by atoms with Gasteiger partial charge < -0.3 is 5.73 Å². The van der Waals surface area contributed by atoms with Crippen LogP contribution < -0.4 is 5.73 Å². The van der Waals surface area contributed by atoms with Crippen LogP contribution in [0.5, 0.6) is 0 Å². The minimum Gasteiger partial charge on any atom is -0.368 e. The molecule has 0 aromatic carbocycles. The van der Waals surface area contributed by atoms with E-state index < -0.39 is 0 Å². The number of nitrogens with two attached hydrogens (primary N) is 1. The van der Waals surface area contributed by atoms with Crippen molar-refractivity contribution in [1.82, 2.24) is 4.90 Å². The van der Waals surface area contributed by atoms with Crippen molar-refractivity contribution in [3.63, 3.8) is 0 Å². The summed E-state index contributed by atoms with van der Waals surface area (Å²) in [7, 11) is 2.08. The molecule has 0 bridgehead atoms. The Kier molecular flexibility index (Phi) is 3.01. The fourth-order valence-electron chi connectivity index (χ4n) is 3.01. The van der Waals surface area contributed by atoms with Gasteiger partial charge in [0.25, 0.3) is 0 Å². The molecule has 2 aliphatic carbocycles. The molecule has 0 aliphatic heterocycles. The molecular weight excluding hydrogens is 188 g/mol. The first-order valence-corrected chi connectivity index (χ1v) is 6.16. The van der Waals surface area contributed by atoms with Crippen LogP contribution in [0.1, 0.15) is 44.9 Å². The highest BCUT2D eigenvalue weighted by molar-refractivity contribution is 5.85. The van der Waals surface area contributed by atoms with E-state index in [0.29, 0.717) is 0 Å². The smallest absolute Gasteiger partial charge is 0.237 e. The third kappa shape index (κ3) is 1.89. The highest BCUT2D eigenvalue weighted by Crippen LogP contribution is 2.36. The number of primary amides is 1. The van der Waals surface area contributed by atoms with Gasteiger partial charge in [-0.05, 0) is 38.6 Å². The van der Waals surface area contributed by atoms with Gasteiger partial charge in [-0.15, -0.1) is 0 Å². The molecule has 0 spiro atoms. The van der Waals surface area contributed by atoms with Crippen LogP contribution in [0.3, 0.4) is 0 Å². The van der Waals surface area contributed by atoms with Gasteiger partial charge in [-0.25, -0.2) is 0 Å². The van der Waals surface area contributed by atoms with Crippen molar-refractivity contribution in [2.24, 2.45) is 11.7 Å². The molecule has 0 aromatic rings. The zero-order valence-corrected chi connectivity index (χ0v) is 9.67. The minimum atomic E-state index is -0.310. The lowest BCUT2D eigenvalue weighted by molar-refractivity contribution is -0.129. The Morgan fingerprint density at radius 2 is 1.93 bits per heavy atom. The Morgan fingerprint density at radius 1 is 1.33 bits per heavy atom. The molecule has 0 unspecified atom stereocenters. The second-order valence-corrected chi connectivity index (χ2v) is 5.28. The van der Waals surface area contributed by atoms with Crippen LogP contribution in [0.4, 0.5) is 0 Å². The Morgan fingerprint density at radius 3 is 2.33 bits per heavy atom.